The number of aryl methyl sites for hydroxylation is 1. The van der Waals surface area contributed by atoms with Crippen molar-refractivity contribution in [3.63, 3.8) is 0 Å². The van der Waals surface area contributed by atoms with Gasteiger partial charge in [0.2, 0.25) is 0 Å². The predicted octanol–water partition coefficient (Wildman–Crippen LogP) is 5.90. The van der Waals surface area contributed by atoms with E-state index in [2.05, 4.69) is 21.3 Å². The third-order valence-corrected chi connectivity index (χ3v) is 4.51. The van der Waals surface area contributed by atoms with Crippen molar-refractivity contribution in [3.05, 3.63) is 63.0 Å². The van der Waals surface area contributed by atoms with Gasteiger partial charge in [0.1, 0.15) is 22.9 Å². The van der Waals surface area contributed by atoms with E-state index in [1.165, 1.54) is 18.2 Å². The molecule has 0 spiro atoms. The number of nitrogens with zero attached hydrogens (tertiary/aromatic N) is 1. The molecule has 6 nitrogen and oxygen atoms in total. The molecular weight excluding hydrogens is 418 g/mol. The molecule has 0 atom stereocenters. The number of hydrogen-bond acceptors (Lipinski definition) is 4. The lowest BCUT2D eigenvalue weighted by atomic mass is 10.1. The van der Waals surface area contributed by atoms with Gasteiger partial charge in [-0.15, -0.1) is 0 Å². The molecule has 0 aliphatic heterocycles. The van der Waals surface area contributed by atoms with Gasteiger partial charge in [0.25, 0.3) is 0 Å². The Bertz CT molecular complexity index is 969. The number of urea groups is 1. The quantitative estimate of drug-likeness (QED) is 0.451. The van der Waals surface area contributed by atoms with Crippen molar-refractivity contribution in [2.24, 2.45) is 0 Å². The molecule has 27 heavy (non-hydrogen) atoms. The van der Waals surface area contributed by atoms with Crippen LogP contribution in [0.3, 0.4) is 0 Å². The Morgan fingerprint density at radius 1 is 1.04 bits per heavy atom. The first-order valence-corrected chi connectivity index (χ1v) is 8.69. The van der Waals surface area contributed by atoms with Crippen molar-refractivity contribution in [2.75, 3.05) is 10.7 Å². The molecule has 0 aliphatic rings. The average molecular weight is 430 g/mol. The second-order valence-electron chi connectivity index (χ2n) is 5.36. The number of amides is 2. The molecule has 0 unspecified atom stereocenters. The molecule has 1 heterocycles. The van der Waals surface area contributed by atoms with Gasteiger partial charge in [0, 0.05) is 5.56 Å². The Balaban J connectivity index is 1.80. The summed E-state index contributed by atoms with van der Waals surface area (Å²) < 4.78 is 18.9. The maximum Gasteiger partial charge on any atom is 0.338 e. The second kappa shape index (κ2) is 8.04. The van der Waals surface area contributed by atoms with E-state index in [1.807, 2.05) is 0 Å². The highest BCUT2D eigenvalue weighted by Gasteiger charge is 2.21. The first kappa shape index (κ1) is 19.3. The molecule has 0 saturated carbocycles. The number of rotatable bonds is 4. The van der Waals surface area contributed by atoms with Crippen LogP contribution in [0.1, 0.15) is 5.76 Å². The summed E-state index contributed by atoms with van der Waals surface area (Å²) in [6, 6.07) is 8.39. The van der Waals surface area contributed by atoms with Crippen LogP contribution < -0.4 is 16.2 Å². The van der Waals surface area contributed by atoms with Gasteiger partial charge in [-0.25, -0.2) is 9.18 Å². The van der Waals surface area contributed by atoms with Crippen LogP contribution >= 0.6 is 34.8 Å². The molecule has 1 aromatic heterocycles. The Kier molecular flexibility index (Phi) is 5.74. The summed E-state index contributed by atoms with van der Waals surface area (Å²) in [5.41, 5.74) is 5.60. The SMILES string of the molecule is Cc1onc(-c2c(Cl)cccc2Cl)c1NC(=O)NNc1c(F)cccc1Cl. The molecule has 3 aromatic rings. The van der Waals surface area contributed by atoms with E-state index in [1.54, 1.807) is 25.1 Å². The highest BCUT2D eigenvalue weighted by molar-refractivity contribution is 6.39. The third-order valence-electron chi connectivity index (χ3n) is 3.56. The highest BCUT2D eigenvalue weighted by Crippen LogP contribution is 2.39. The molecule has 0 bridgehead atoms. The molecule has 0 radical (unpaired) electrons. The minimum Gasteiger partial charge on any atom is -0.359 e. The van der Waals surface area contributed by atoms with Crippen LogP contribution in [0.25, 0.3) is 11.3 Å². The number of nitrogens with one attached hydrogen (secondary N) is 3. The van der Waals surface area contributed by atoms with Gasteiger partial charge in [0.15, 0.2) is 5.76 Å². The Hall–Kier alpha value is -2.48. The summed E-state index contributed by atoms with van der Waals surface area (Å²) in [5.74, 6) is -0.285. The van der Waals surface area contributed by atoms with E-state index < -0.39 is 11.8 Å². The van der Waals surface area contributed by atoms with Gasteiger partial charge in [-0.2, -0.15) is 0 Å². The van der Waals surface area contributed by atoms with E-state index >= 15 is 0 Å². The summed E-state index contributed by atoms with van der Waals surface area (Å²) in [6.07, 6.45) is 0. The standard InChI is InChI=1S/C17H12Cl3FN4O2/c1-8-14(16(25-27-8)13-9(18)4-2-5-10(13)19)22-17(26)24-23-15-11(20)6-3-7-12(15)21/h2-7,23H,1H3,(H2,22,24,26). The van der Waals surface area contributed by atoms with Crippen molar-refractivity contribution >= 4 is 52.2 Å². The van der Waals surface area contributed by atoms with Crippen LogP contribution in [-0.2, 0) is 0 Å². The number of hydrazine groups is 1. The number of carbonyl (C=O) groups excluding carboxylic acids is 1. The van der Waals surface area contributed by atoms with E-state index in [0.29, 0.717) is 21.4 Å². The molecule has 10 heteroatoms. The van der Waals surface area contributed by atoms with Crippen molar-refractivity contribution in [1.29, 1.82) is 0 Å². The lowest BCUT2D eigenvalue weighted by Gasteiger charge is -2.12. The van der Waals surface area contributed by atoms with E-state index in [9.17, 15) is 9.18 Å². The number of hydrogen-bond donors (Lipinski definition) is 3. The molecule has 140 valence electrons. The van der Waals surface area contributed by atoms with Crippen LogP contribution in [0.5, 0.6) is 0 Å². The summed E-state index contributed by atoms with van der Waals surface area (Å²) in [7, 11) is 0. The first-order chi connectivity index (χ1) is 12.9. The number of aromatic nitrogens is 1. The topological polar surface area (TPSA) is 79.2 Å². The second-order valence-corrected chi connectivity index (χ2v) is 6.58. The number of para-hydroxylation sites is 1. The molecule has 2 aromatic carbocycles. The zero-order chi connectivity index (χ0) is 19.6. The van der Waals surface area contributed by atoms with Gasteiger partial charge >= 0.3 is 6.03 Å². The van der Waals surface area contributed by atoms with Crippen molar-refractivity contribution in [2.45, 2.75) is 6.92 Å². The number of halogens is 4. The smallest absolute Gasteiger partial charge is 0.338 e. The van der Waals surface area contributed by atoms with Crippen LogP contribution in [0.4, 0.5) is 20.6 Å². The Morgan fingerprint density at radius 3 is 2.33 bits per heavy atom. The van der Waals surface area contributed by atoms with E-state index in [-0.39, 0.29) is 22.1 Å². The van der Waals surface area contributed by atoms with E-state index in [4.69, 9.17) is 39.3 Å². The van der Waals surface area contributed by atoms with Crippen LogP contribution in [0.15, 0.2) is 40.9 Å². The van der Waals surface area contributed by atoms with Gasteiger partial charge in [0.05, 0.1) is 15.1 Å². The fraction of sp³-hybridized carbons (Fsp3) is 0.0588. The minimum absolute atomic E-state index is 0.0641. The maximum atomic E-state index is 13.7. The fourth-order valence-corrected chi connectivity index (χ4v) is 3.08. The number of anilines is 2. The first-order valence-electron chi connectivity index (χ1n) is 7.56. The predicted molar refractivity (Wildman–Crippen MR) is 104 cm³/mol. The minimum atomic E-state index is -0.704. The zero-order valence-electron chi connectivity index (χ0n) is 13.7. The molecule has 3 N–H and O–H groups in total. The van der Waals surface area contributed by atoms with Crippen LogP contribution in [0, 0.1) is 12.7 Å². The molecule has 0 aliphatic carbocycles. The highest BCUT2D eigenvalue weighted by atomic mass is 35.5. The maximum absolute atomic E-state index is 13.7. The number of benzene rings is 2. The summed E-state index contributed by atoms with van der Waals surface area (Å²) >= 11 is 18.3. The van der Waals surface area contributed by atoms with Crippen LogP contribution in [-0.4, -0.2) is 11.2 Å². The Morgan fingerprint density at radius 2 is 1.67 bits per heavy atom. The summed E-state index contributed by atoms with van der Waals surface area (Å²) in [6.45, 7) is 1.61. The zero-order valence-corrected chi connectivity index (χ0v) is 16.0. The summed E-state index contributed by atoms with van der Waals surface area (Å²) in [4.78, 5) is 12.2. The monoisotopic (exact) mass is 428 g/mol. The van der Waals surface area contributed by atoms with Gasteiger partial charge in [-0.05, 0) is 31.2 Å². The lowest BCUT2D eigenvalue weighted by molar-refractivity contribution is 0.253. The molecular formula is C17H12Cl3FN4O2. The van der Waals surface area contributed by atoms with E-state index in [0.717, 1.165) is 0 Å². The molecule has 2 amide bonds. The summed E-state index contributed by atoms with van der Waals surface area (Å²) in [5, 5.41) is 7.29. The molecule has 0 fully saturated rings. The molecule has 3 rings (SSSR count). The van der Waals surface area contributed by atoms with Gasteiger partial charge in [-0.1, -0.05) is 52.1 Å². The normalized spacial score (nSPS) is 10.6. The van der Waals surface area contributed by atoms with Crippen LogP contribution in [0.2, 0.25) is 15.1 Å². The van der Waals surface area contributed by atoms with Crippen molar-refractivity contribution in [3.8, 4) is 11.3 Å². The van der Waals surface area contributed by atoms with Crippen molar-refractivity contribution < 1.29 is 13.7 Å². The van der Waals surface area contributed by atoms with Gasteiger partial charge < -0.3 is 9.84 Å². The average Bonchev–Trinajstić information content (AvgIpc) is 2.95. The third kappa shape index (κ3) is 4.10. The fourth-order valence-electron chi connectivity index (χ4n) is 2.30. The largest absolute Gasteiger partial charge is 0.359 e. The Labute approximate surface area is 168 Å². The lowest BCUT2D eigenvalue weighted by Crippen LogP contribution is -2.34. The van der Waals surface area contributed by atoms with Crippen molar-refractivity contribution in [1.82, 2.24) is 10.6 Å². The molecule has 0 saturated heterocycles. The number of carbonyl (C=O) groups is 1. The van der Waals surface area contributed by atoms with Gasteiger partial charge in [-0.3, -0.25) is 10.9 Å².